The van der Waals surface area contributed by atoms with Crippen LogP contribution in [0.4, 0.5) is 0 Å². The Hall–Kier alpha value is -1.02. The molecule has 1 aliphatic rings. The monoisotopic (exact) mass is 203 g/mol. The van der Waals surface area contributed by atoms with Gasteiger partial charge < -0.3 is 0 Å². The fourth-order valence-electron chi connectivity index (χ4n) is 1.31. The van der Waals surface area contributed by atoms with E-state index in [9.17, 15) is 0 Å². The smallest absolute Gasteiger partial charge is 0.0904 e. The van der Waals surface area contributed by atoms with E-state index in [0.717, 1.165) is 6.54 Å². The first-order valence-corrected chi connectivity index (χ1v) is 5.84. The van der Waals surface area contributed by atoms with Gasteiger partial charge in [0.15, 0.2) is 0 Å². The third kappa shape index (κ3) is 2.74. The van der Waals surface area contributed by atoms with Crippen LogP contribution < -0.4 is 0 Å². The molecule has 0 spiro atoms. The molecule has 14 heavy (non-hydrogen) atoms. The van der Waals surface area contributed by atoms with Crippen LogP contribution in [-0.2, 0) is 0 Å². The van der Waals surface area contributed by atoms with E-state index in [2.05, 4.69) is 41.4 Å². The van der Waals surface area contributed by atoms with E-state index < -0.39 is 0 Å². The van der Waals surface area contributed by atoms with Crippen molar-refractivity contribution < 1.29 is 0 Å². The third-order valence-electron chi connectivity index (χ3n) is 2.04. The van der Waals surface area contributed by atoms with Crippen LogP contribution >= 0.6 is 11.8 Å². The largest absolute Gasteiger partial charge is 0.278 e. The Balaban J connectivity index is 2.03. The molecule has 0 unspecified atom stereocenters. The topological polar surface area (TPSA) is 12.4 Å². The van der Waals surface area contributed by atoms with Crippen LogP contribution in [0.2, 0.25) is 0 Å². The van der Waals surface area contributed by atoms with Crippen molar-refractivity contribution in [1.82, 2.24) is 0 Å². The van der Waals surface area contributed by atoms with Crippen molar-refractivity contribution in [3.05, 3.63) is 42.0 Å². The minimum Gasteiger partial charge on any atom is -0.278 e. The summed E-state index contributed by atoms with van der Waals surface area (Å²) in [7, 11) is 0. The van der Waals surface area contributed by atoms with Crippen LogP contribution in [0.5, 0.6) is 0 Å². The van der Waals surface area contributed by atoms with E-state index in [1.54, 1.807) is 0 Å². The molecule has 0 saturated carbocycles. The molecule has 0 N–H and O–H groups in total. The second-order valence-electron chi connectivity index (χ2n) is 3.17. The van der Waals surface area contributed by atoms with Crippen LogP contribution in [-0.4, -0.2) is 17.3 Å². The second-order valence-corrected chi connectivity index (χ2v) is 4.28. The zero-order valence-corrected chi connectivity index (χ0v) is 8.83. The molecule has 0 atom stereocenters. The molecule has 0 aliphatic carbocycles. The fourth-order valence-corrected chi connectivity index (χ4v) is 2.14. The molecular weight excluding hydrogens is 190 g/mol. The van der Waals surface area contributed by atoms with Crippen LogP contribution in [0.3, 0.4) is 0 Å². The van der Waals surface area contributed by atoms with Crippen LogP contribution in [0.1, 0.15) is 12.0 Å². The first-order chi connectivity index (χ1) is 6.95. The van der Waals surface area contributed by atoms with Gasteiger partial charge in [0.2, 0.25) is 0 Å². The molecule has 0 fully saturated rings. The molecule has 0 radical (unpaired) electrons. The predicted molar refractivity (Wildman–Crippen MR) is 64.9 cm³/mol. The summed E-state index contributed by atoms with van der Waals surface area (Å²) in [6.45, 7) is 0.988. The number of rotatable bonds is 2. The maximum Gasteiger partial charge on any atom is 0.0904 e. The van der Waals surface area contributed by atoms with Crippen LogP contribution in [0, 0.1) is 0 Å². The van der Waals surface area contributed by atoms with Gasteiger partial charge in [-0.3, -0.25) is 4.99 Å². The van der Waals surface area contributed by atoms with Gasteiger partial charge in [0.05, 0.1) is 5.04 Å². The number of benzene rings is 1. The van der Waals surface area contributed by atoms with Gasteiger partial charge in [-0.05, 0) is 18.1 Å². The Kier molecular flexibility index (Phi) is 3.41. The van der Waals surface area contributed by atoms with Gasteiger partial charge >= 0.3 is 0 Å². The van der Waals surface area contributed by atoms with E-state index in [0.29, 0.717) is 0 Å². The van der Waals surface area contributed by atoms with Gasteiger partial charge in [0, 0.05) is 12.3 Å². The molecule has 1 aromatic carbocycles. The summed E-state index contributed by atoms with van der Waals surface area (Å²) in [6, 6.07) is 10.3. The molecule has 1 heterocycles. The number of hydrogen-bond donors (Lipinski definition) is 0. The highest BCUT2D eigenvalue weighted by Gasteiger charge is 2.00. The van der Waals surface area contributed by atoms with Gasteiger partial charge in [-0.1, -0.05) is 36.4 Å². The molecule has 2 heteroatoms. The van der Waals surface area contributed by atoms with E-state index >= 15 is 0 Å². The molecule has 1 aliphatic heterocycles. The highest BCUT2D eigenvalue weighted by Crippen LogP contribution is 2.14. The minimum absolute atomic E-state index is 0.988. The number of hydrogen-bond acceptors (Lipinski definition) is 2. The van der Waals surface area contributed by atoms with Gasteiger partial charge in [-0.25, -0.2) is 0 Å². The van der Waals surface area contributed by atoms with Crippen LogP contribution in [0.25, 0.3) is 6.08 Å². The van der Waals surface area contributed by atoms with Crippen molar-refractivity contribution in [3.63, 3.8) is 0 Å². The van der Waals surface area contributed by atoms with Crippen molar-refractivity contribution >= 4 is 22.9 Å². The van der Waals surface area contributed by atoms with Gasteiger partial charge in [0.1, 0.15) is 0 Å². The number of aliphatic imine (C=N–C) groups is 1. The summed E-state index contributed by atoms with van der Waals surface area (Å²) < 4.78 is 0. The lowest BCUT2D eigenvalue weighted by Gasteiger charge is -2.06. The Labute approximate surface area is 88.9 Å². The first-order valence-electron chi connectivity index (χ1n) is 4.85. The third-order valence-corrected chi connectivity index (χ3v) is 3.09. The van der Waals surface area contributed by atoms with Crippen molar-refractivity contribution in [2.75, 3.05) is 12.3 Å². The highest BCUT2D eigenvalue weighted by atomic mass is 32.2. The van der Waals surface area contributed by atoms with Crippen molar-refractivity contribution in [1.29, 1.82) is 0 Å². The predicted octanol–water partition coefficient (Wildman–Crippen LogP) is 3.24. The molecule has 1 nitrogen and oxygen atoms in total. The lowest BCUT2D eigenvalue weighted by molar-refractivity contribution is 0.940. The van der Waals surface area contributed by atoms with Crippen molar-refractivity contribution in [2.45, 2.75) is 6.42 Å². The lowest BCUT2D eigenvalue weighted by atomic mass is 10.2. The summed E-state index contributed by atoms with van der Waals surface area (Å²) >= 11 is 1.85. The Morgan fingerprint density at radius 2 is 2.00 bits per heavy atom. The zero-order chi connectivity index (χ0) is 9.64. The summed E-state index contributed by atoms with van der Waals surface area (Å²) in [5, 5.41) is 1.17. The molecular formula is C12H13NS. The first kappa shape index (κ1) is 9.53. The Morgan fingerprint density at radius 1 is 1.14 bits per heavy atom. The normalized spacial score (nSPS) is 17.0. The van der Waals surface area contributed by atoms with Gasteiger partial charge in [-0.2, -0.15) is 0 Å². The molecule has 72 valence electrons. The summed E-state index contributed by atoms with van der Waals surface area (Å²) in [5.74, 6) is 1.21. The minimum atomic E-state index is 0.988. The second kappa shape index (κ2) is 5.01. The molecule has 0 bridgehead atoms. The lowest BCUT2D eigenvalue weighted by Crippen LogP contribution is -1.99. The highest BCUT2D eigenvalue weighted by molar-refractivity contribution is 8.14. The number of thioether (sulfide) groups is 1. The number of nitrogens with zero attached hydrogens (tertiary/aromatic N) is 1. The SMILES string of the molecule is C(=C\c1ccccc1)/C1=NCCCS1. The standard InChI is InChI=1S/C12H13NS/c1-2-5-11(6-3-1)7-8-12-13-9-4-10-14-12/h1-3,5-8H,4,9-10H2/b8-7+. The molecule has 0 saturated heterocycles. The molecule has 2 rings (SSSR count). The molecule has 0 aromatic heterocycles. The van der Waals surface area contributed by atoms with E-state index in [4.69, 9.17) is 0 Å². The zero-order valence-electron chi connectivity index (χ0n) is 8.02. The van der Waals surface area contributed by atoms with E-state index in [1.807, 2.05) is 17.8 Å². The summed E-state index contributed by atoms with van der Waals surface area (Å²) in [5.41, 5.74) is 1.24. The fraction of sp³-hybridized carbons (Fsp3) is 0.250. The molecule has 0 amide bonds. The van der Waals surface area contributed by atoms with E-state index in [-0.39, 0.29) is 0 Å². The van der Waals surface area contributed by atoms with E-state index in [1.165, 1.54) is 22.8 Å². The van der Waals surface area contributed by atoms with Gasteiger partial charge in [0.25, 0.3) is 0 Å². The van der Waals surface area contributed by atoms with Crippen molar-refractivity contribution in [2.24, 2.45) is 4.99 Å². The Bertz CT molecular complexity index is 341. The van der Waals surface area contributed by atoms with Crippen molar-refractivity contribution in [3.8, 4) is 0 Å². The summed E-state index contributed by atoms with van der Waals surface area (Å²) in [4.78, 5) is 4.44. The van der Waals surface area contributed by atoms with Crippen LogP contribution in [0.15, 0.2) is 41.4 Å². The molecule has 1 aromatic rings. The van der Waals surface area contributed by atoms with Gasteiger partial charge in [-0.15, -0.1) is 11.8 Å². The maximum absolute atomic E-state index is 4.44. The average Bonchev–Trinajstić information content (AvgIpc) is 2.29. The summed E-state index contributed by atoms with van der Waals surface area (Å²) in [6.07, 6.45) is 5.45. The Morgan fingerprint density at radius 3 is 2.71 bits per heavy atom. The average molecular weight is 203 g/mol. The maximum atomic E-state index is 4.44. The quantitative estimate of drug-likeness (QED) is 0.718.